The molecule has 17 heavy (non-hydrogen) atoms. The fourth-order valence-electron chi connectivity index (χ4n) is 2.35. The summed E-state index contributed by atoms with van der Waals surface area (Å²) < 4.78 is 31.5. The molecule has 1 aliphatic rings. The number of ether oxygens (including phenoxy) is 1. The maximum absolute atomic E-state index is 11.9. The number of nitrogens with one attached hydrogen (secondary N) is 1. The Labute approximate surface area is 104 Å². The number of rotatable bonds is 7. The molecule has 1 rings (SSSR count). The molecule has 3 N–H and O–H groups in total. The van der Waals surface area contributed by atoms with Crippen molar-refractivity contribution in [3.05, 3.63) is 0 Å². The maximum Gasteiger partial charge on any atom is 0.212 e. The molecule has 0 bridgehead atoms. The molecule has 0 saturated heterocycles. The minimum atomic E-state index is -3.23. The van der Waals surface area contributed by atoms with E-state index in [-0.39, 0.29) is 5.75 Å². The van der Waals surface area contributed by atoms with E-state index in [9.17, 15) is 8.42 Å². The van der Waals surface area contributed by atoms with E-state index in [1.54, 1.807) is 7.11 Å². The molecule has 0 atom stereocenters. The first-order valence-corrected chi connectivity index (χ1v) is 7.89. The van der Waals surface area contributed by atoms with Gasteiger partial charge in [0.05, 0.1) is 5.75 Å². The molecule has 6 heteroatoms. The minimum absolute atomic E-state index is 0.114. The number of hydrogen-bond donors (Lipinski definition) is 2. The van der Waals surface area contributed by atoms with Gasteiger partial charge < -0.3 is 10.5 Å². The highest BCUT2D eigenvalue weighted by Gasteiger charge is 2.34. The number of sulfonamides is 1. The van der Waals surface area contributed by atoms with E-state index in [0.29, 0.717) is 19.6 Å². The third-order valence-electron chi connectivity index (χ3n) is 3.33. The van der Waals surface area contributed by atoms with Gasteiger partial charge in [-0.1, -0.05) is 19.3 Å². The highest BCUT2D eigenvalue weighted by atomic mass is 32.2. The first-order valence-electron chi connectivity index (χ1n) is 6.24. The van der Waals surface area contributed by atoms with Gasteiger partial charge in [-0.05, 0) is 19.3 Å². The first kappa shape index (κ1) is 14.9. The van der Waals surface area contributed by atoms with Crippen molar-refractivity contribution in [3.63, 3.8) is 0 Å². The van der Waals surface area contributed by atoms with Crippen LogP contribution in [0.4, 0.5) is 0 Å². The highest BCUT2D eigenvalue weighted by molar-refractivity contribution is 7.89. The SMILES string of the molecule is COCCCS(=O)(=O)NC1(CN)CCCCC1. The lowest BCUT2D eigenvalue weighted by Crippen LogP contribution is -2.55. The summed E-state index contributed by atoms with van der Waals surface area (Å²) in [6, 6.07) is 0. The third kappa shape index (κ3) is 4.91. The molecule has 102 valence electrons. The standard InChI is InChI=1S/C11H24N2O3S/c1-16-8-5-9-17(14,15)13-11(10-12)6-3-2-4-7-11/h13H,2-10,12H2,1H3. The highest BCUT2D eigenvalue weighted by Crippen LogP contribution is 2.28. The molecule has 0 aromatic heterocycles. The predicted octanol–water partition coefficient (Wildman–Crippen LogP) is 0.604. The zero-order valence-corrected chi connectivity index (χ0v) is 11.4. The van der Waals surface area contributed by atoms with Crippen LogP contribution >= 0.6 is 0 Å². The summed E-state index contributed by atoms with van der Waals surface area (Å²) >= 11 is 0. The van der Waals surface area contributed by atoms with Crippen LogP contribution in [0.15, 0.2) is 0 Å². The van der Waals surface area contributed by atoms with Crippen molar-refractivity contribution >= 4 is 10.0 Å². The van der Waals surface area contributed by atoms with E-state index >= 15 is 0 Å². The molecule has 0 unspecified atom stereocenters. The Hall–Kier alpha value is -0.170. The minimum Gasteiger partial charge on any atom is -0.385 e. The van der Waals surface area contributed by atoms with Crippen molar-refractivity contribution in [3.8, 4) is 0 Å². The van der Waals surface area contributed by atoms with Gasteiger partial charge in [0.15, 0.2) is 0 Å². The zero-order chi connectivity index (χ0) is 12.8. The Bertz CT molecular complexity index is 311. The van der Waals surface area contributed by atoms with E-state index in [1.807, 2.05) is 0 Å². The molecule has 5 nitrogen and oxygen atoms in total. The predicted molar refractivity (Wildman–Crippen MR) is 68.3 cm³/mol. The van der Waals surface area contributed by atoms with Crippen LogP contribution in [-0.4, -0.2) is 40.0 Å². The Morgan fingerprint density at radius 1 is 1.29 bits per heavy atom. The van der Waals surface area contributed by atoms with Gasteiger partial charge in [-0.3, -0.25) is 0 Å². The van der Waals surface area contributed by atoms with Gasteiger partial charge in [0.25, 0.3) is 0 Å². The Balaban J connectivity index is 2.54. The van der Waals surface area contributed by atoms with Crippen LogP contribution in [0.3, 0.4) is 0 Å². The zero-order valence-electron chi connectivity index (χ0n) is 10.6. The van der Waals surface area contributed by atoms with Crippen molar-refractivity contribution in [2.24, 2.45) is 5.73 Å². The monoisotopic (exact) mass is 264 g/mol. The lowest BCUT2D eigenvalue weighted by atomic mass is 9.83. The van der Waals surface area contributed by atoms with Gasteiger partial charge in [-0.25, -0.2) is 13.1 Å². The summed E-state index contributed by atoms with van der Waals surface area (Å²) in [4.78, 5) is 0. The summed E-state index contributed by atoms with van der Waals surface area (Å²) in [5, 5.41) is 0. The summed E-state index contributed by atoms with van der Waals surface area (Å²) in [5.74, 6) is 0.114. The van der Waals surface area contributed by atoms with Crippen molar-refractivity contribution in [1.29, 1.82) is 0 Å². The first-order chi connectivity index (χ1) is 8.04. The van der Waals surface area contributed by atoms with Crippen molar-refractivity contribution < 1.29 is 13.2 Å². The quantitative estimate of drug-likeness (QED) is 0.660. The average molecular weight is 264 g/mol. The van der Waals surface area contributed by atoms with Crippen molar-refractivity contribution in [2.45, 2.75) is 44.1 Å². The van der Waals surface area contributed by atoms with Crippen LogP contribution in [0.2, 0.25) is 0 Å². The molecule has 0 heterocycles. The topological polar surface area (TPSA) is 81.4 Å². The van der Waals surface area contributed by atoms with Crippen LogP contribution in [0, 0.1) is 0 Å². The second-order valence-corrected chi connectivity index (χ2v) is 6.65. The molecular weight excluding hydrogens is 240 g/mol. The second-order valence-electron chi connectivity index (χ2n) is 4.81. The van der Waals surface area contributed by atoms with E-state index in [4.69, 9.17) is 10.5 Å². The van der Waals surface area contributed by atoms with Crippen LogP contribution in [0.1, 0.15) is 38.5 Å². The molecular formula is C11H24N2O3S. The summed E-state index contributed by atoms with van der Waals surface area (Å²) in [7, 11) is -1.66. The van der Waals surface area contributed by atoms with Gasteiger partial charge in [0.1, 0.15) is 0 Å². The molecule has 1 fully saturated rings. The second kappa shape index (κ2) is 6.68. The Morgan fingerprint density at radius 3 is 2.47 bits per heavy atom. The fraction of sp³-hybridized carbons (Fsp3) is 1.00. The van der Waals surface area contributed by atoms with Crippen molar-refractivity contribution in [2.75, 3.05) is 26.0 Å². The van der Waals surface area contributed by atoms with Gasteiger partial charge >= 0.3 is 0 Å². The molecule has 0 radical (unpaired) electrons. The van der Waals surface area contributed by atoms with Crippen LogP contribution in [0.25, 0.3) is 0 Å². The Morgan fingerprint density at radius 2 is 1.94 bits per heavy atom. The van der Waals surface area contributed by atoms with Gasteiger partial charge in [0, 0.05) is 25.8 Å². The molecule has 0 aromatic rings. The third-order valence-corrected chi connectivity index (χ3v) is 4.91. The molecule has 0 aliphatic heterocycles. The molecule has 1 aliphatic carbocycles. The lowest BCUT2D eigenvalue weighted by molar-refractivity contribution is 0.199. The van der Waals surface area contributed by atoms with Crippen LogP contribution in [-0.2, 0) is 14.8 Å². The van der Waals surface area contributed by atoms with Gasteiger partial charge in [-0.15, -0.1) is 0 Å². The van der Waals surface area contributed by atoms with Gasteiger partial charge in [0.2, 0.25) is 10.0 Å². The smallest absolute Gasteiger partial charge is 0.212 e. The maximum atomic E-state index is 11.9. The summed E-state index contributed by atoms with van der Waals surface area (Å²) in [5.41, 5.74) is 5.35. The van der Waals surface area contributed by atoms with Crippen molar-refractivity contribution in [1.82, 2.24) is 4.72 Å². The molecule has 0 aromatic carbocycles. The molecule has 0 spiro atoms. The largest absolute Gasteiger partial charge is 0.385 e. The lowest BCUT2D eigenvalue weighted by Gasteiger charge is -2.36. The Kier molecular flexibility index (Phi) is 5.85. The number of nitrogens with two attached hydrogens (primary N) is 1. The summed E-state index contributed by atoms with van der Waals surface area (Å²) in [6.07, 6.45) is 5.51. The summed E-state index contributed by atoms with van der Waals surface area (Å²) in [6.45, 7) is 0.854. The van der Waals surface area contributed by atoms with Crippen LogP contribution < -0.4 is 10.5 Å². The van der Waals surface area contributed by atoms with E-state index in [0.717, 1.165) is 25.7 Å². The average Bonchev–Trinajstić information content (AvgIpc) is 2.30. The normalized spacial score (nSPS) is 20.4. The van der Waals surface area contributed by atoms with E-state index in [2.05, 4.69) is 4.72 Å². The van der Waals surface area contributed by atoms with Crippen LogP contribution in [0.5, 0.6) is 0 Å². The fourth-order valence-corrected chi connectivity index (χ4v) is 3.90. The van der Waals surface area contributed by atoms with E-state index < -0.39 is 15.6 Å². The molecule has 0 amide bonds. The number of methoxy groups -OCH3 is 1. The molecule has 1 saturated carbocycles. The van der Waals surface area contributed by atoms with Gasteiger partial charge in [-0.2, -0.15) is 0 Å². The number of hydrogen-bond acceptors (Lipinski definition) is 4. The van der Waals surface area contributed by atoms with E-state index in [1.165, 1.54) is 6.42 Å².